The van der Waals surface area contributed by atoms with Crippen LogP contribution in [0.4, 0.5) is 5.69 Å². The molecule has 0 aliphatic carbocycles. The van der Waals surface area contributed by atoms with Crippen molar-refractivity contribution in [1.29, 1.82) is 5.41 Å². The number of nitrogens with one attached hydrogen (secondary N) is 1. The summed E-state index contributed by atoms with van der Waals surface area (Å²) < 4.78 is -0.843. The highest BCUT2D eigenvalue weighted by molar-refractivity contribution is 9.10. The molecule has 0 amide bonds. The number of hydrogen-bond donors (Lipinski definition) is 1. The zero-order valence-corrected chi connectivity index (χ0v) is 16.8. The zero-order chi connectivity index (χ0) is 18.9. The molecule has 0 radical (unpaired) electrons. The molecule has 3 aromatic rings. The third-order valence-electron chi connectivity index (χ3n) is 4.59. The number of nitrogens with zero attached hydrogens (tertiary/aromatic N) is 1. The normalized spacial score (nSPS) is 22.0. The van der Waals surface area contributed by atoms with Crippen molar-refractivity contribution >= 4 is 44.3 Å². The Kier molecular flexibility index (Phi) is 4.89. The Morgan fingerprint density at radius 2 is 1.41 bits per heavy atom. The maximum atomic E-state index is 13.4. The Morgan fingerprint density at radius 3 is 2.00 bits per heavy atom. The van der Waals surface area contributed by atoms with Gasteiger partial charge in [-0.3, -0.25) is 15.1 Å². The summed E-state index contributed by atoms with van der Waals surface area (Å²) in [5.74, 6) is 0.00418. The van der Waals surface area contributed by atoms with Gasteiger partial charge in [0.1, 0.15) is 9.70 Å². The predicted octanol–water partition coefficient (Wildman–Crippen LogP) is 5.67. The summed E-state index contributed by atoms with van der Waals surface area (Å²) in [4.78, 5) is 15.3. The lowest BCUT2D eigenvalue weighted by atomic mass is 9.95. The largest absolute Gasteiger partial charge is 0.300 e. The first-order valence-electron chi connectivity index (χ1n) is 8.56. The molecule has 1 heterocycles. The number of Topliss-reactive ketones (excluding diaryl/α,β-unsaturated/α-hetero) is 1. The van der Waals surface area contributed by atoms with Crippen molar-refractivity contribution in [3.8, 4) is 0 Å². The van der Waals surface area contributed by atoms with E-state index >= 15 is 0 Å². The second-order valence-corrected chi connectivity index (χ2v) is 8.55. The van der Waals surface area contributed by atoms with Gasteiger partial charge in [-0.25, -0.2) is 0 Å². The van der Waals surface area contributed by atoms with E-state index in [2.05, 4.69) is 15.9 Å². The van der Waals surface area contributed by atoms with Crippen molar-refractivity contribution in [2.75, 3.05) is 4.90 Å². The van der Waals surface area contributed by atoms with E-state index in [1.807, 2.05) is 95.9 Å². The van der Waals surface area contributed by atoms with Crippen LogP contribution in [0.2, 0.25) is 0 Å². The smallest absolute Gasteiger partial charge is 0.179 e. The van der Waals surface area contributed by atoms with Crippen molar-refractivity contribution in [3.63, 3.8) is 0 Å². The van der Waals surface area contributed by atoms with E-state index in [0.29, 0.717) is 10.7 Å². The number of anilines is 1. The number of thioether (sulfide) groups is 1. The number of carbonyl (C=O) groups is 1. The molecular weight excluding hydrogens is 420 g/mol. The summed E-state index contributed by atoms with van der Waals surface area (Å²) in [6, 6.07) is 28.9. The molecule has 2 atom stereocenters. The number of hydrogen-bond acceptors (Lipinski definition) is 3. The fourth-order valence-corrected chi connectivity index (χ4v) is 5.79. The van der Waals surface area contributed by atoms with Gasteiger partial charge in [0.25, 0.3) is 0 Å². The van der Waals surface area contributed by atoms with Crippen LogP contribution in [0, 0.1) is 5.41 Å². The van der Waals surface area contributed by atoms with E-state index in [4.69, 9.17) is 5.41 Å². The van der Waals surface area contributed by atoms with Crippen molar-refractivity contribution < 1.29 is 4.79 Å². The molecule has 1 aliphatic rings. The van der Waals surface area contributed by atoms with Crippen LogP contribution in [0.25, 0.3) is 0 Å². The van der Waals surface area contributed by atoms with Gasteiger partial charge in [0.2, 0.25) is 0 Å². The van der Waals surface area contributed by atoms with Gasteiger partial charge >= 0.3 is 0 Å². The molecule has 27 heavy (non-hydrogen) atoms. The van der Waals surface area contributed by atoms with E-state index in [9.17, 15) is 4.79 Å². The number of halogens is 1. The zero-order valence-electron chi connectivity index (χ0n) is 14.4. The molecule has 3 aromatic carbocycles. The minimum Gasteiger partial charge on any atom is -0.300 e. The highest BCUT2D eigenvalue weighted by atomic mass is 79.9. The number of benzene rings is 3. The van der Waals surface area contributed by atoms with Crippen LogP contribution >= 0.6 is 27.7 Å². The van der Waals surface area contributed by atoms with Gasteiger partial charge in [0.05, 0.1) is 0 Å². The van der Waals surface area contributed by atoms with Gasteiger partial charge < -0.3 is 0 Å². The first-order chi connectivity index (χ1) is 13.1. The molecule has 0 spiro atoms. The van der Waals surface area contributed by atoms with Crippen LogP contribution in [0.15, 0.2) is 91.0 Å². The third-order valence-corrected chi connectivity index (χ3v) is 7.37. The van der Waals surface area contributed by atoms with E-state index in [1.165, 1.54) is 11.8 Å². The fraction of sp³-hybridized carbons (Fsp3) is 0.0909. The molecule has 0 bridgehead atoms. The molecule has 0 unspecified atom stereocenters. The van der Waals surface area contributed by atoms with Gasteiger partial charge in [0.15, 0.2) is 11.0 Å². The molecule has 1 N–H and O–H groups in total. The van der Waals surface area contributed by atoms with Crippen LogP contribution in [0.1, 0.15) is 15.9 Å². The van der Waals surface area contributed by atoms with Crippen molar-refractivity contribution in [2.24, 2.45) is 0 Å². The van der Waals surface area contributed by atoms with E-state index in [0.717, 1.165) is 11.3 Å². The first-order valence-corrected chi connectivity index (χ1v) is 10.2. The van der Waals surface area contributed by atoms with Gasteiger partial charge in [-0.15, -0.1) is 0 Å². The Morgan fingerprint density at radius 1 is 0.889 bits per heavy atom. The Balaban J connectivity index is 1.87. The van der Waals surface area contributed by atoms with Crippen LogP contribution in [-0.4, -0.2) is 16.2 Å². The predicted molar refractivity (Wildman–Crippen MR) is 116 cm³/mol. The molecule has 1 fully saturated rings. The molecule has 4 rings (SSSR count). The molecular formula is C22H17BrN2OS. The summed E-state index contributed by atoms with van der Waals surface area (Å²) in [6.07, 6.45) is 0. The highest BCUT2D eigenvalue weighted by Crippen LogP contribution is 2.53. The average Bonchev–Trinajstić information content (AvgIpc) is 3.01. The van der Waals surface area contributed by atoms with Crippen LogP contribution in [0.3, 0.4) is 0 Å². The Bertz CT molecular complexity index is 965. The fourth-order valence-electron chi connectivity index (χ4n) is 3.32. The summed E-state index contributed by atoms with van der Waals surface area (Å²) in [5, 5.41) is 8.49. The maximum Gasteiger partial charge on any atom is 0.179 e. The minimum absolute atomic E-state index is 0.00418. The molecule has 134 valence electrons. The quantitative estimate of drug-likeness (QED) is 0.325. The van der Waals surface area contributed by atoms with Gasteiger partial charge in [0, 0.05) is 11.3 Å². The van der Waals surface area contributed by atoms with Crippen LogP contribution < -0.4 is 4.90 Å². The maximum absolute atomic E-state index is 13.4. The standard InChI is InChI=1S/C22H17BrN2OS/c23-22(17-12-6-2-7-13-17)20(19(26)16-10-4-1-5-11-16)27-21(24)25(22)18-14-8-3-9-15-18/h1-15,20,24H/t20-,22-/m1/s1. The molecule has 3 nitrogen and oxygen atoms in total. The van der Waals surface area contributed by atoms with E-state index < -0.39 is 9.70 Å². The summed E-state index contributed by atoms with van der Waals surface area (Å²) in [6.45, 7) is 0. The number of rotatable bonds is 4. The Hall–Kier alpha value is -2.37. The van der Waals surface area contributed by atoms with Crippen molar-refractivity contribution in [3.05, 3.63) is 102 Å². The first kappa shape index (κ1) is 18.0. The molecule has 1 aliphatic heterocycles. The summed E-state index contributed by atoms with van der Waals surface area (Å²) in [7, 11) is 0. The lowest BCUT2D eigenvalue weighted by molar-refractivity contribution is 0.0979. The average molecular weight is 437 g/mol. The van der Waals surface area contributed by atoms with Crippen molar-refractivity contribution in [2.45, 2.75) is 9.70 Å². The molecule has 0 aromatic heterocycles. The number of amidine groups is 1. The molecule has 5 heteroatoms. The van der Waals surface area contributed by atoms with Crippen molar-refractivity contribution in [1.82, 2.24) is 0 Å². The number of ketones is 1. The van der Waals surface area contributed by atoms with Crippen LogP contribution in [0.5, 0.6) is 0 Å². The Labute approximate surface area is 171 Å². The lowest BCUT2D eigenvalue weighted by Gasteiger charge is -2.37. The topological polar surface area (TPSA) is 44.2 Å². The minimum atomic E-state index is -0.843. The molecule has 1 saturated heterocycles. The second kappa shape index (κ2) is 7.33. The lowest BCUT2D eigenvalue weighted by Crippen LogP contribution is -2.46. The van der Waals surface area contributed by atoms with Gasteiger partial charge in [-0.05, 0) is 17.7 Å². The van der Waals surface area contributed by atoms with Crippen LogP contribution in [-0.2, 0) is 4.45 Å². The highest BCUT2D eigenvalue weighted by Gasteiger charge is 2.55. The summed E-state index contributed by atoms with van der Waals surface area (Å²) >= 11 is 5.19. The SMILES string of the molecule is N=C1S[C@H](C(=O)c2ccccc2)[C@@](Br)(c2ccccc2)N1c1ccccc1. The van der Waals surface area contributed by atoms with Gasteiger partial charge in [-0.1, -0.05) is 107 Å². The monoisotopic (exact) mass is 436 g/mol. The third kappa shape index (κ3) is 3.11. The molecule has 0 saturated carbocycles. The summed E-state index contributed by atoms with van der Waals surface area (Å²) in [5.41, 5.74) is 2.47. The number of carbonyl (C=O) groups excluding carboxylic acids is 1. The van der Waals surface area contributed by atoms with E-state index in [1.54, 1.807) is 0 Å². The second-order valence-electron chi connectivity index (χ2n) is 6.24. The van der Waals surface area contributed by atoms with Gasteiger partial charge in [-0.2, -0.15) is 0 Å². The van der Waals surface area contributed by atoms with E-state index in [-0.39, 0.29) is 5.78 Å². The number of alkyl halides is 1. The number of para-hydroxylation sites is 1.